The van der Waals surface area contributed by atoms with E-state index in [1.165, 1.54) is 12.3 Å². The molecule has 1 heterocycles. The van der Waals surface area contributed by atoms with Crippen LogP contribution in [0.4, 0.5) is 4.39 Å². The molecule has 0 spiro atoms. The van der Waals surface area contributed by atoms with Crippen LogP contribution in [-0.4, -0.2) is 32.3 Å². The smallest absolute Gasteiger partial charge is 0.263 e. The summed E-state index contributed by atoms with van der Waals surface area (Å²) in [6.07, 6.45) is 1.23. The zero-order valence-corrected chi connectivity index (χ0v) is 14.4. The highest BCUT2D eigenvalue weighted by Gasteiger charge is 2.08. The fraction of sp³-hybridized carbons (Fsp3) is 0.0625. The van der Waals surface area contributed by atoms with Crippen molar-refractivity contribution in [2.75, 3.05) is 0 Å². The molecule has 0 aliphatic rings. The Morgan fingerprint density at radius 2 is 2.08 bits per heavy atom. The van der Waals surface area contributed by atoms with Crippen LogP contribution in [0, 0.1) is 5.82 Å². The third-order valence-electron chi connectivity index (χ3n) is 3.13. The average molecular weight is 403 g/mol. The summed E-state index contributed by atoms with van der Waals surface area (Å²) in [5.74, 6) is -0.475. The number of rotatable bonds is 5. The second-order valence-corrected chi connectivity index (χ2v) is 5.88. The number of hydrogen-bond donors (Lipinski definition) is 1. The van der Waals surface area contributed by atoms with E-state index in [9.17, 15) is 9.18 Å². The quantitative estimate of drug-likeness (QED) is 0.524. The number of tetrazole rings is 1. The number of hydrogen-bond acceptors (Lipinski definition) is 5. The van der Waals surface area contributed by atoms with E-state index in [0.717, 1.165) is 10.4 Å². The fourth-order valence-corrected chi connectivity index (χ4v) is 2.29. The molecule has 9 heteroatoms. The molecule has 0 unspecified atom stereocenters. The topological polar surface area (TPSA) is 85.1 Å². The van der Waals surface area contributed by atoms with Gasteiger partial charge in [-0.05, 0) is 23.4 Å². The van der Waals surface area contributed by atoms with Gasteiger partial charge in [0.1, 0.15) is 12.4 Å². The number of nitrogens with one attached hydrogen (secondary N) is 1. The van der Waals surface area contributed by atoms with Gasteiger partial charge in [0, 0.05) is 15.6 Å². The van der Waals surface area contributed by atoms with Gasteiger partial charge < -0.3 is 0 Å². The van der Waals surface area contributed by atoms with Crippen LogP contribution in [0.25, 0.3) is 11.4 Å². The zero-order valence-electron chi connectivity index (χ0n) is 12.8. The Hall–Kier alpha value is -2.94. The lowest BCUT2D eigenvalue weighted by molar-refractivity contribution is -0.122. The first-order valence-corrected chi connectivity index (χ1v) is 8.01. The molecule has 0 aliphatic heterocycles. The van der Waals surface area contributed by atoms with Gasteiger partial charge >= 0.3 is 0 Å². The van der Waals surface area contributed by atoms with E-state index < -0.39 is 11.7 Å². The van der Waals surface area contributed by atoms with E-state index in [4.69, 9.17) is 0 Å². The van der Waals surface area contributed by atoms with Crippen molar-refractivity contribution < 1.29 is 9.18 Å². The van der Waals surface area contributed by atoms with Crippen LogP contribution in [0.2, 0.25) is 0 Å². The third kappa shape index (κ3) is 4.54. The molecule has 0 aliphatic carbocycles. The van der Waals surface area contributed by atoms with Crippen LogP contribution >= 0.6 is 15.9 Å². The van der Waals surface area contributed by atoms with Gasteiger partial charge in [-0.1, -0.05) is 46.3 Å². The van der Waals surface area contributed by atoms with Crippen LogP contribution in [-0.2, 0) is 11.3 Å². The average Bonchev–Trinajstić information content (AvgIpc) is 3.06. The number of nitrogens with zero attached hydrogens (tertiary/aromatic N) is 5. The monoisotopic (exact) mass is 402 g/mol. The summed E-state index contributed by atoms with van der Waals surface area (Å²) in [5.41, 5.74) is 3.36. The van der Waals surface area contributed by atoms with Crippen LogP contribution < -0.4 is 5.43 Å². The Kier molecular flexibility index (Phi) is 5.24. The second-order valence-electron chi connectivity index (χ2n) is 4.97. The van der Waals surface area contributed by atoms with Crippen molar-refractivity contribution in [3.63, 3.8) is 0 Å². The summed E-state index contributed by atoms with van der Waals surface area (Å²) < 4.78 is 14.2. The summed E-state index contributed by atoms with van der Waals surface area (Å²) in [7, 11) is 0. The van der Waals surface area contributed by atoms with Gasteiger partial charge in [-0.15, -0.1) is 10.2 Å². The minimum Gasteiger partial charge on any atom is -0.271 e. The van der Waals surface area contributed by atoms with Gasteiger partial charge in [-0.2, -0.15) is 9.90 Å². The number of hydrazone groups is 1. The van der Waals surface area contributed by atoms with Crippen molar-refractivity contribution in [2.45, 2.75) is 6.54 Å². The van der Waals surface area contributed by atoms with Crippen molar-refractivity contribution >= 4 is 28.1 Å². The molecule has 126 valence electrons. The van der Waals surface area contributed by atoms with Crippen molar-refractivity contribution in [3.05, 3.63) is 64.4 Å². The van der Waals surface area contributed by atoms with Gasteiger partial charge in [0.15, 0.2) is 0 Å². The second kappa shape index (κ2) is 7.75. The van der Waals surface area contributed by atoms with E-state index in [0.29, 0.717) is 10.3 Å². The van der Waals surface area contributed by atoms with Crippen molar-refractivity contribution in [1.29, 1.82) is 0 Å². The third-order valence-corrected chi connectivity index (χ3v) is 3.62. The van der Waals surface area contributed by atoms with Gasteiger partial charge in [-0.25, -0.2) is 9.82 Å². The molecular formula is C16H12BrFN6O. The van der Waals surface area contributed by atoms with Crippen LogP contribution in [0.5, 0.6) is 0 Å². The largest absolute Gasteiger partial charge is 0.271 e. The number of carbonyl (C=O) groups excluding carboxylic acids is 1. The first kappa shape index (κ1) is 16.9. The predicted molar refractivity (Wildman–Crippen MR) is 93.1 cm³/mol. The molecule has 1 N–H and O–H groups in total. The Labute approximate surface area is 150 Å². The minimum absolute atomic E-state index is 0.153. The Morgan fingerprint density at radius 3 is 2.84 bits per heavy atom. The lowest BCUT2D eigenvalue weighted by Crippen LogP contribution is -2.24. The lowest BCUT2D eigenvalue weighted by Gasteiger charge is -1.99. The van der Waals surface area contributed by atoms with Crippen molar-refractivity contribution in [2.24, 2.45) is 5.10 Å². The summed E-state index contributed by atoms with van der Waals surface area (Å²) in [6.45, 7) is -0.153. The van der Waals surface area contributed by atoms with Crippen molar-refractivity contribution in [3.8, 4) is 11.4 Å². The van der Waals surface area contributed by atoms with Crippen molar-refractivity contribution in [1.82, 2.24) is 25.6 Å². The molecule has 0 radical (unpaired) electrons. The lowest BCUT2D eigenvalue weighted by atomic mass is 10.2. The molecular weight excluding hydrogens is 391 g/mol. The molecule has 0 fully saturated rings. The maximum atomic E-state index is 13.6. The first-order valence-electron chi connectivity index (χ1n) is 7.22. The molecule has 3 rings (SSSR count). The van der Waals surface area contributed by atoms with Gasteiger partial charge in [0.2, 0.25) is 5.82 Å². The fourth-order valence-electron chi connectivity index (χ4n) is 1.96. The SMILES string of the molecule is O=C(Cn1nnc(-c2ccccc2)n1)N/N=C\c1ccc(Br)cc1F. The standard InChI is InChI=1S/C16H12BrFN6O/c17-13-7-6-12(14(18)8-13)9-19-20-15(25)10-24-22-16(21-23-24)11-4-2-1-3-5-11/h1-9H,10H2,(H,20,25)/b19-9-. The Morgan fingerprint density at radius 1 is 1.28 bits per heavy atom. The van der Waals surface area contributed by atoms with Crippen LogP contribution in [0.3, 0.4) is 0 Å². The van der Waals surface area contributed by atoms with Gasteiger partial charge in [-0.3, -0.25) is 4.79 Å². The Balaban J connectivity index is 1.58. The highest BCUT2D eigenvalue weighted by atomic mass is 79.9. The van der Waals surface area contributed by atoms with Gasteiger partial charge in [0.25, 0.3) is 5.91 Å². The summed E-state index contributed by atoms with van der Waals surface area (Å²) in [6, 6.07) is 13.8. The van der Waals surface area contributed by atoms with E-state index in [-0.39, 0.29) is 12.1 Å². The molecule has 1 aromatic heterocycles. The maximum absolute atomic E-state index is 13.6. The number of benzene rings is 2. The van der Waals surface area contributed by atoms with E-state index in [1.54, 1.807) is 12.1 Å². The molecule has 0 atom stereocenters. The zero-order chi connectivity index (χ0) is 17.6. The van der Waals surface area contributed by atoms with Crippen LogP contribution in [0.15, 0.2) is 58.1 Å². The van der Waals surface area contributed by atoms with Crippen LogP contribution in [0.1, 0.15) is 5.56 Å². The molecule has 25 heavy (non-hydrogen) atoms. The number of carbonyl (C=O) groups is 1. The number of aromatic nitrogens is 4. The predicted octanol–water partition coefficient (Wildman–Crippen LogP) is 2.39. The molecule has 3 aromatic rings. The van der Waals surface area contributed by atoms with E-state index in [2.05, 4.69) is 41.9 Å². The maximum Gasteiger partial charge on any atom is 0.263 e. The highest BCUT2D eigenvalue weighted by molar-refractivity contribution is 9.10. The molecule has 7 nitrogen and oxygen atoms in total. The Bertz CT molecular complexity index is 912. The molecule has 0 saturated carbocycles. The molecule has 0 bridgehead atoms. The first-order chi connectivity index (χ1) is 12.1. The van der Waals surface area contributed by atoms with E-state index in [1.807, 2.05) is 30.3 Å². The number of halogens is 2. The molecule has 0 saturated heterocycles. The van der Waals surface area contributed by atoms with Gasteiger partial charge in [0.05, 0.1) is 6.21 Å². The number of amides is 1. The molecule has 1 amide bonds. The molecule has 2 aromatic carbocycles. The normalized spacial score (nSPS) is 11.0. The summed E-state index contributed by atoms with van der Waals surface area (Å²) in [4.78, 5) is 13.0. The highest BCUT2D eigenvalue weighted by Crippen LogP contribution is 2.14. The summed E-state index contributed by atoms with van der Waals surface area (Å²) >= 11 is 3.17. The van der Waals surface area contributed by atoms with E-state index >= 15 is 0 Å². The minimum atomic E-state index is -0.453. The summed E-state index contributed by atoms with van der Waals surface area (Å²) in [5, 5.41) is 15.6.